The fraction of sp³-hybridized carbons (Fsp3) is 0.300. The van der Waals surface area contributed by atoms with E-state index < -0.39 is 17.9 Å². The molecule has 2 rings (SSSR count). The molecule has 26 heavy (non-hydrogen) atoms. The van der Waals surface area contributed by atoms with Gasteiger partial charge in [-0.05, 0) is 35.7 Å². The van der Waals surface area contributed by atoms with E-state index in [1.54, 1.807) is 24.3 Å². The fourth-order valence-electron chi connectivity index (χ4n) is 2.51. The fourth-order valence-corrected chi connectivity index (χ4v) is 2.51. The van der Waals surface area contributed by atoms with Gasteiger partial charge in [-0.2, -0.15) is 0 Å². The number of aliphatic hydroxyl groups is 1. The third kappa shape index (κ3) is 5.07. The summed E-state index contributed by atoms with van der Waals surface area (Å²) >= 11 is 0. The summed E-state index contributed by atoms with van der Waals surface area (Å²) in [6.45, 7) is 1.94. The Bertz CT molecular complexity index is 757. The van der Waals surface area contributed by atoms with Gasteiger partial charge in [-0.1, -0.05) is 37.3 Å². The van der Waals surface area contributed by atoms with Crippen LogP contribution in [0.15, 0.2) is 48.5 Å². The highest BCUT2D eigenvalue weighted by Crippen LogP contribution is 2.18. The Morgan fingerprint density at radius 3 is 2.31 bits per heavy atom. The molecule has 0 aromatic heterocycles. The third-order valence-electron chi connectivity index (χ3n) is 4.10. The van der Waals surface area contributed by atoms with E-state index in [-0.39, 0.29) is 6.54 Å². The van der Waals surface area contributed by atoms with Crippen molar-refractivity contribution in [1.29, 1.82) is 0 Å². The van der Waals surface area contributed by atoms with E-state index in [1.165, 1.54) is 0 Å². The number of rotatable bonds is 6. The number of benzene rings is 2. The summed E-state index contributed by atoms with van der Waals surface area (Å²) < 4.78 is 0. The molecule has 0 saturated carbocycles. The van der Waals surface area contributed by atoms with E-state index in [1.807, 2.05) is 50.2 Å². The molecule has 0 bridgehead atoms. The SMILES string of the molecule is CCc1ccccc1NC(=O)C(=O)NCC(O)c1ccc(N(C)C)cc1. The van der Waals surface area contributed by atoms with Gasteiger partial charge in [-0.3, -0.25) is 9.59 Å². The van der Waals surface area contributed by atoms with E-state index in [0.29, 0.717) is 11.3 Å². The zero-order chi connectivity index (χ0) is 19.1. The molecule has 138 valence electrons. The van der Waals surface area contributed by atoms with E-state index >= 15 is 0 Å². The van der Waals surface area contributed by atoms with Crippen LogP contribution in [0.5, 0.6) is 0 Å². The second-order valence-corrected chi connectivity index (χ2v) is 6.18. The van der Waals surface area contributed by atoms with Gasteiger partial charge in [0.1, 0.15) is 0 Å². The van der Waals surface area contributed by atoms with Gasteiger partial charge in [0.05, 0.1) is 6.10 Å². The van der Waals surface area contributed by atoms with Crippen molar-refractivity contribution in [3.63, 3.8) is 0 Å². The Labute approximate surface area is 153 Å². The predicted molar refractivity (Wildman–Crippen MR) is 103 cm³/mol. The molecule has 6 nitrogen and oxygen atoms in total. The first-order valence-electron chi connectivity index (χ1n) is 8.54. The number of hydrogen-bond acceptors (Lipinski definition) is 4. The Hall–Kier alpha value is -2.86. The van der Waals surface area contributed by atoms with Crippen molar-refractivity contribution >= 4 is 23.2 Å². The molecule has 0 saturated heterocycles. The molecule has 0 fully saturated rings. The van der Waals surface area contributed by atoms with Gasteiger partial charge >= 0.3 is 11.8 Å². The van der Waals surface area contributed by atoms with Crippen LogP contribution in [0.2, 0.25) is 0 Å². The van der Waals surface area contributed by atoms with E-state index in [4.69, 9.17) is 0 Å². The molecule has 0 heterocycles. The number of carbonyl (C=O) groups is 2. The highest BCUT2D eigenvalue weighted by atomic mass is 16.3. The van der Waals surface area contributed by atoms with Gasteiger partial charge in [0, 0.05) is 32.0 Å². The minimum Gasteiger partial charge on any atom is -0.387 e. The number of para-hydroxylation sites is 1. The average Bonchev–Trinajstić information content (AvgIpc) is 2.66. The quantitative estimate of drug-likeness (QED) is 0.693. The second-order valence-electron chi connectivity index (χ2n) is 6.18. The molecule has 2 aromatic rings. The van der Waals surface area contributed by atoms with Crippen LogP contribution in [0.25, 0.3) is 0 Å². The summed E-state index contributed by atoms with van der Waals surface area (Å²) in [6.07, 6.45) is -0.134. The van der Waals surface area contributed by atoms with Crippen LogP contribution < -0.4 is 15.5 Å². The zero-order valence-corrected chi connectivity index (χ0v) is 15.3. The number of anilines is 2. The number of nitrogens with zero attached hydrogens (tertiary/aromatic N) is 1. The third-order valence-corrected chi connectivity index (χ3v) is 4.10. The number of hydrogen-bond donors (Lipinski definition) is 3. The molecule has 3 N–H and O–H groups in total. The van der Waals surface area contributed by atoms with Gasteiger partial charge in [0.2, 0.25) is 0 Å². The van der Waals surface area contributed by atoms with Gasteiger partial charge in [0.15, 0.2) is 0 Å². The Morgan fingerprint density at radius 1 is 1.04 bits per heavy atom. The Kier molecular flexibility index (Phi) is 6.74. The largest absolute Gasteiger partial charge is 0.387 e. The molecular formula is C20H25N3O3. The Balaban J connectivity index is 1.89. The molecule has 2 aromatic carbocycles. The number of carbonyl (C=O) groups excluding carboxylic acids is 2. The molecule has 2 amide bonds. The van der Waals surface area contributed by atoms with Gasteiger partial charge < -0.3 is 20.6 Å². The monoisotopic (exact) mass is 355 g/mol. The number of aliphatic hydroxyl groups excluding tert-OH is 1. The molecule has 1 atom stereocenters. The maximum Gasteiger partial charge on any atom is 0.313 e. The molecule has 0 aliphatic carbocycles. The minimum absolute atomic E-state index is 0.0387. The van der Waals surface area contributed by atoms with Crippen molar-refractivity contribution in [3.8, 4) is 0 Å². The van der Waals surface area contributed by atoms with Crippen molar-refractivity contribution < 1.29 is 14.7 Å². The lowest BCUT2D eigenvalue weighted by atomic mass is 10.1. The second kappa shape index (κ2) is 9.01. The van der Waals surface area contributed by atoms with Crippen LogP contribution in [0.1, 0.15) is 24.2 Å². The molecular weight excluding hydrogens is 330 g/mol. The maximum atomic E-state index is 12.0. The predicted octanol–water partition coefficient (Wildman–Crippen LogP) is 2.10. The highest BCUT2D eigenvalue weighted by molar-refractivity contribution is 6.39. The van der Waals surface area contributed by atoms with Crippen molar-refractivity contribution in [2.24, 2.45) is 0 Å². The molecule has 6 heteroatoms. The summed E-state index contributed by atoms with van der Waals surface area (Å²) in [5.41, 5.74) is 3.26. The number of amides is 2. The van der Waals surface area contributed by atoms with Crippen LogP contribution >= 0.6 is 0 Å². The first-order valence-corrected chi connectivity index (χ1v) is 8.54. The summed E-state index contributed by atoms with van der Waals surface area (Å²) in [5, 5.41) is 15.3. The molecule has 0 aliphatic rings. The normalized spacial score (nSPS) is 11.5. The number of aryl methyl sites for hydroxylation is 1. The molecule has 0 aliphatic heterocycles. The van der Waals surface area contributed by atoms with Crippen molar-refractivity contribution in [3.05, 3.63) is 59.7 Å². The Morgan fingerprint density at radius 2 is 1.69 bits per heavy atom. The molecule has 0 spiro atoms. The van der Waals surface area contributed by atoms with Crippen LogP contribution in [0, 0.1) is 0 Å². The van der Waals surface area contributed by atoms with Crippen molar-refractivity contribution in [1.82, 2.24) is 5.32 Å². The van der Waals surface area contributed by atoms with E-state index in [9.17, 15) is 14.7 Å². The summed E-state index contributed by atoms with van der Waals surface area (Å²) in [7, 11) is 3.86. The minimum atomic E-state index is -0.883. The lowest BCUT2D eigenvalue weighted by molar-refractivity contribution is -0.136. The summed E-state index contributed by atoms with van der Waals surface area (Å²) in [5.74, 6) is -1.53. The first kappa shape index (κ1) is 19.5. The van der Waals surface area contributed by atoms with Crippen LogP contribution in [0.3, 0.4) is 0 Å². The van der Waals surface area contributed by atoms with Crippen LogP contribution in [0.4, 0.5) is 11.4 Å². The number of nitrogens with one attached hydrogen (secondary N) is 2. The zero-order valence-electron chi connectivity index (χ0n) is 15.3. The highest BCUT2D eigenvalue weighted by Gasteiger charge is 2.17. The lowest BCUT2D eigenvalue weighted by Crippen LogP contribution is -2.37. The first-order chi connectivity index (χ1) is 12.4. The van der Waals surface area contributed by atoms with Gasteiger partial charge in [0.25, 0.3) is 0 Å². The maximum absolute atomic E-state index is 12.0. The van der Waals surface area contributed by atoms with Gasteiger partial charge in [-0.25, -0.2) is 0 Å². The van der Waals surface area contributed by atoms with Crippen molar-refractivity contribution in [2.45, 2.75) is 19.4 Å². The average molecular weight is 355 g/mol. The summed E-state index contributed by atoms with van der Waals surface area (Å²) in [4.78, 5) is 26.0. The van der Waals surface area contributed by atoms with E-state index in [0.717, 1.165) is 17.7 Å². The lowest BCUT2D eigenvalue weighted by Gasteiger charge is -2.16. The smallest absolute Gasteiger partial charge is 0.313 e. The summed E-state index contributed by atoms with van der Waals surface area (Å²) in [6, 6.07) is 14.7. The standard InChI is InChI=1S/C20H25N3O3/c1-4-14-7-5-6-8-17(14)22-20(26)19(25)21-13-18(24)15-9-11-16(12-10-15)23(2)3/h5-12,18,24H,4,13H2,1-3H3,(H,21,25)(H,22,26). The van der Waals surface area contributed by atoms with E-state index in [2.05, 4.69) is 10.6 Å². The van der Waals surface area contributed by atoms with Gasteiger partial charge in [-0.15, -0.1) is 0 Å². The molecule has 0 radical (unpaired) electrons. The molecule has 1 unspecified atom stereocenters. The van der Waals surface area contributed by atoms with Crippen LogP contribution in [-0.4, -0.2) is 37.6 Å². The topological polar surface area (TPSA) is 81.7 Å². The van der Waals surface area contributed by atoms with Crippen molar-refractivity contribution in [2.75, 3.05) is 30.9 Å². The van der Waals surface area contributed by atoms with Crippen LogP contribution in [-0.2, 0) is 16.0 Å².